The number of carboxylic acids is 1. The number of benzene rings is 2. The zero-order valence-corrected chi connectivity index (χ0v) is 23.2. The minimum absolute atomic E-state index is 0.00816. The number of nitrogens with zero attached hydrogens (tertiary/aromatic N) is 1. The summed E-state index contributed by atoms with van der Waals surface area (Å²) in [4.78, 5) is 62.4. The first-order valence-corrected chi connectivity index (χ1v) is 13.7. The molecule has 0 bridgehead atoms. The van der Waals surface area contributed by atoms with E-state index in [9.17, 15) is 33.5 Å². The minimum atomic E-state index is -1.56. The van der Waals surface area contributed by atoms with Crippen LogP contribution in [0.1, 0.15) is 48.1 Å². The summed E-state index contributed by atoms with van der Waals surface area (Å²) in [7, 11) is 0. The van der Waals surface area contributed by atoms with Gasteiger partial charge in [-0.1, -0.05) is 48.5 Å². The van der Waals surface area contributed by atoms with Crippen LogP contribution in [0.25, 0.3) is 11.1 Å². The molecule has 226 valence electrons. The standard InChI is InChI=1S/C30H30FN3O9/c1-16-13-34(29(39)33-27(16)36)25-12-22(31)24(43-25)15-41-26(35)11-10-23(28(37)38)32-30(40)42-14-21-19-8-4-2-6-17(19)18-7-3-5-9-20(18)21/h2-9,13,21-25H,10-12,14-15H2,1H3,(H,32,40)(H,37,38)(H,33,36,39)/t22-,23-,24+,25+/m0/s1. The van der Waals surface area contributed by atoms with Crippen molar-refractivity contribution in [2.24, 2.45) is 0 Å². The lowest BCUT2D eigenvalue weighted by Gasteiger charge is -2.18. The van der Waals surface area contributed by atoms with E-state index in [0.29, 0.717) is 0 Å². The highest BCUT2D eigenvalue weighted by molar-refractivity contribution is 5.81. The van der Waals surface area contributed by atoms with Gasteiger partial charge in [0.05, 0.1) is 0 Å². The van der Waals surface area contributed by atoms with E-state index in [1.165, 1.54) is 13.1 Å². The second-order valence-corrected chi connectivity index (χ2v) is 10.4. The Hall–Kier alpha value is -4.78. The molecule has 3 aromatic rings. The topological polar surface area (TPSA) is 166 Å². The number of carbonyl (C=O) groups excluding carboxylic acids is 2. The van der Waals surface area contributed by atoms with Crippen LogP contribution in [-0.2, 0) is 23.8 Å². The zero-order chi connectivity index (χ0) is 30.7. The van der Waals surface area contributed by atoms with Gasteiger partial charge in [-0.15, -0.1) is 0 Å². The van der Waals surface area contributed by atoms with E-state index >= 15 is 0 Å². The normalized spacial score (nSPS) is 19.7. The fourth-order valence-electron chi connectivity index (χ4n) is 5.36. The van der Waals surface area contributed by atoms with Gasteiger partial charge in [-0.2, -0.15) is 0 Å². The Labute approximate surface area is 244 Å². The minimum Gasteiger partial charge on any atom is -0.480 e. The third-order valence-electron chi connectivity index (χ3n) is 7.60. The van der Waals surface area contributed by atoms with Crippen molar-refractivity contribution in [3.05, 3.63) is 92.3 Å². The molecule has 0 spiro atoms. The third-order valence-corrected chi connectivity index (χ3v) is 7.60. The zero-order valence-electron chi connectivity index (χ0n) is 23.2. The number of aryl methyl sites for hydroxylation is 1. The van der Waals surface area contributed by atoms with Gasteiger partial charge in [0.15, 0.2) is 0 Å². The summed E-state index contributed by atoms with van der Waals surface area (Å²) in [6.07, 6.45) is -4.27. The van der Waals surface area contributed by atoms with Crippen LogP contribution in [0.5, 0.6) is 0 Å². The molecule has 1 saturated heterocycles. The van der Waals surface area contributed by atoms with Gasteiger partial charge in [0.25, 0.3) is 5.56 Å². The Balaban J connectivity index is 1.09. The predicted molar refractivity (Wildman–Crippen MR) is 149 cm³/mol. The molecule has 1 fully saturated rings. The number of aromatic nitrogens is 2. The van der Waals surface area contributed by atoms with Gasteiger partial charge >= 0.3 is 23.7 Å². The molecule has 12 nitrogen and oxygen atoms in total. The quantitative estimate of drug-likeness (QED) is 0.299. The predicted octanol–water partition coefficient (Wildman–Crippen LogP) is 2.79. The number of carboxylic acid groups (broad SMARTS) is 1. The molecular formula is C30H30FN3O9. The van der Waals surface area contributed by atoms with Gasteiger partial charge in [-0.05, 0) is 35.6 Å². The molecule has 0 unspecified atom stereocenters. The number of rotatable bonds is 10. The Bertz CT molecular complexity index is 1610. The number of nitrogens with one attached hydrogen (secondary N) is 2. The summed E-state index contributed by atoms with van der Waals surface area (Å²) >= 11 is 0. The van der Waals surface area contributed by atoms with Crippen LogP contribution in [0.15, 0.2) is 64.3 Å². The molecule has 43 heavy (non-hydrogen) atoms. The average Bonchev–Trinajstić information content (AvgIpc) is 3.51. The Morgan fingerprint density at radius 1 is 1.07 bits per heavy atom. The maximum absolute atomic E-state index is 14.6. The van der Waals surface area contributed by atoms with Gasteiger partial charge < -0.3 is 24.6 Å². The van der Waals surface area contributed by atoms with Crippen LogP contribution in [-0.4, -0.2) is 64.2 Å². The Kier molecular flexibility index (Phi) is 8.71. The van der Waals surface area contributed by atoms with Crippen molar-refractivity contribution in [3.63, 3.8) is 0 Å². The number of hydrogen-bond acceptors (Lipinski definition) is 8. The van der Waals surface area contributed by atoms with E-state index in [-0.39, 0.29) is 37.4 Å². The summed E-state index contributed by atoms with van der Waals surface area (Å²) in [6.45, 7) is 1.01. The van der Waals surface area contributed by atoms with Crippen LogP contribution in [0.3, 0.4) is 0 Å². The molecule has 1 aliphatic heterocycles. The second-order valence-electron chi connectivity index (χ2n) is 10.4. The largest absolute Gasteiger partial charge is 0.480 e. The highest BCUT2D eigenvalue weighted by Crippen LogP contribution is 2.44. The molecule has 3 N–H and O–H groups in total. The third kappa shape index (κ3) is 6.51. The van der Waals surface area contributed by atoms with E-state index in [1.807, 2.05) is 48.5 Å². The highest BCUT2D eigenvalue weighted by atomic mass is 19.1. The van der Waals surface area contributed by atoms with Crippen LogP contribution >= 0.6 is 0 Å². The van der Waals surface area contributed by atoms with Crippen molar-refractivity contribution < 1.29 is 38.1 Å². The lowest BCUT2D eigenvalue weighted by atomic mass is 9.98. The number of amides is 1. The molecule has 1 amide bonds. The molecule has 2 aliphatic rings. The van der Waals surface area contributed by atoms with Gasteiger partial charge in [0, 0.05) is 30.5 Å². The number of aliphatic carboxylic acids is 1. The highest BCUT2D eigenvalue weighted by Gasteiger charge is 2.38. The molecule has 5 rings (SSSR count). The van der Waals surface area contributed by atoms with Crippen molar-refractivity contribution in [2.45, 2.75) is 56.6 Å². The summed E-state index contributed by atoms with van der Waals surface area (Å²) in [6, 6.07) is 14.1. The first kappa shape index (κ1) is 29.7. The van der Waals surface area contributed by atoms with Crippen LogP contribution < -0.4 is 16.6 Å². The van der Waals surface area contributed by atoms with Gasteiger partial charge in [0.2, 0.25) is 0 Å². The van der Waals surface area contributed by atoms with E-state index in [4.69, 9.17) is 14.2 Å². The van der Waals surface area contributed by atoms with Gasteiger partial charge in [-0.25, -0.2) is 18.8 Å². The fourth-order valence-corrected chi connectivity index (χ4v) is 5.36. The Morgan fingerprint density at radius 3 is 2.37 bits per heavy atom. The number of hydrogen-bond donors (Lipinski definition) is 3. The summed E-state index contributed by atoms with van der Waals surface area (Å²) in [5, 5.41) is 11.8. The number of ether oxygens (including phenoxy) is 3. The van der Waals surface area contributed by atoms with Crippen LogP contribution in [0, 0.1) is 6.92 Å². The van der Waals surface area contributed by atoms with Crippen molar-refractivity contribution in [3.8, 4) is 11.1 Å². The van der Waals surface area contributed by atoms with Crippen molar-refractivity contribution in [1.29, 1.82) is 0 Å². The summed E-state index contributed by atoms with van der Waals surface area (Å²) in [5.74, 6) is -2.40. The van der Waals surface area contributed by atoms with Gasteiger partial charge in [-0.3, -0.25) is 19.1 Å². The lowest BCUT2D eigenvalue weighted by molar-refractivity contribution is -0.150. The van der Waals surface area contributed by atoms with E-state index < -0.39 is 60.4 Å². The maximum atomic E-state index is 14.6. The number of H-pyrrole nitrogens is 1. The van der Waals surface area contributed by atoms with Crippen molar-refractivity contribution in [1.82, 2.24) is 14.9 Å². The number of alkyl halides is 1. The molecule has 4 atom stereocenters. The number of halogens is 1. The second kappa shape index (κ2) is 12.6. The smallest absolute Gasteiger partial charge is 0.407 e. The van der Waals surface area contributed by atoms with Crippen molar-refractivity contribution in [2.75, 3.05) is 13.2 Å². The Morgan fingerprint density at radius 2 is 1.72 bits per heavy atom. The maximum Gasteiger partial charge on any atom is 0.407 e. The van der Waals surface area contributed by atoms with E-state index in [0.717, 1.165) is 26.8 Å². The molecule has 0 saturated carbocycles. The van der Waals surface area contributed by atoms with E-state index in [2.05, 4.69) is 10.3 Å². The molecule has 1 aliphatic carbocycles. The average molecular weight is 596 g/mol. The summed E-state index contributed by atoms with van der Waals surface area (Å²) in [5.41, 5.74) is 3.03. The SMILES string of the molecule is Cc1cn([C@H]2C[C@H](F)[C@@H](COC(=O)CC[C@H](NC(=O)OCC3c4ccccc4-c4ccccc43)C(=O)O)O2)c(=O)[nH]c1=O. The first-order chi connectivity index (χ1) is 20.6. The molecular weight excluding hydrogens is 565 g/mol. The molecule has 0 radical (unpaired) electrons. The number of carbonyl (C=O) groups is 3. The van der Waals surface area contributed by atoms with Crippen LogP contribution in [0.2, 0.25) is 0 Å². The molecule has 2 heterocycles. The van der Waals surface area contributed by atoms with E-state index in [1.54, 1.807) is 0 Å². The van der Waals surface area contributed by atoms with Gasteiger partial charge in [0.1, 0.15) is 37.8 Å². The monoisotopic (exact) mass is 595 g/mol. The number of alkyl carbamates (subject to hydrolysis) is 1. The number of aromatic amines is 1. The number of fused-ring (bicyclic) bond motifs is 3. The molecule has 2 aromatic carbocycles. The van der Waals surface area contributed by atoms with Crippen LogP contribution in [0.4, 0.5) is 9.18 Å². The lowest BCUT2D eigenvalue weighted by Crippen LogP contribution is -2.41. The molecule has 1 aromatic heterocycles. The number of esters is 1. The molecule has 13 heteroatoms. The fraction of sp³-hybridized carbons (Fsp3) is 0.367. The van der Waals surface area contributed by atoms with Crippen molar-refractivity contribution >= 4 is 18.0 Å². The summed E-state index contributed by atoms with van der Waals surface area (Å²) < 4.78 is 31.6. The first-order valence-electron chi connectivity index (χ1n) is 13.7.